The van der Waals surface area contributed by atoms with Gasteiger partial charge >= 0.3 is 0 Å². The van der Waals surface area contributed by atoms with Crippen molar-refractivity contribution in [2.24, 2.45) is 11.3 Å². The Morgan fingerprint density at radius 1 is 1.31 bits per heavy atom. The maximum absolute atomic E-state index is 10.7. The van der Waals surface area contributed by atoms with E-state index < -0.39 is 5.60 Å². The summed E-state index contributed by atoms with van der Waals surface area (Å²) in [7, 11) is 4.17. The Labute approximate surface area is 80.9 Å². The predicted molar refractivity (Wildman–Crippen MR) is 53.5 cm³/mol. The van der Waals surface area contributed by atoms with Gasteiger partial charge < -0.3 is 10.0 Å². The number of nitrogens with zero attached hydrogens (tertiary/aromatic N) is 1. The van der Waals surface area contributed by atoms with Gasteiger partial charge in [0.2, 0.25) is 0 Å². The summed E-state index contributed by atoms with van der Waals surface area (Å²) in [5.74, 6) is 0.727. The first-order chi connectivity index (χ1) is 5.89. The van der Waals surface area contributed by atoms with Crippen LogP contribution >= 0.6 is 0 Å². The molecule has 0 amide bonds. The zero-order valence-electron chi connectivity index (χ0n) is 9.17. The van der Waals surface area contributed by atoms with Gasteiger partial charge in [-0.3, -0.25) is 0 Å². The van der Waals surface area contributed by atoms with Gasteiger partial charge in [0.1, 0.15) is 0 Å². The minimum Gasteiger partial charge on any atom is -0.388 e. The molecular formula is C11H21NO. The Morgan fingerprint density at radius 2 is 1.92 bits per heavy atom. The molecule has 0 radical (unpaired) electrons. The van der Waals surface area contributed by atoms with E-state index in [1.165, 1.54) is 12.8 Å². The smallest absolute Gasteiger partial charge is 0.0855 e. The third-order valence-electron chi connectivity index (χ3n) is 4.69. The fourth-order valence-electron chi connectivity index (χ4n) is 3.54. The van der Waals surface area contributed by atoms with E-state index in [0.717, 1.165) is 12.3 Å². The Hall–Kier alpha value is -0.0800. The van der Waals surface area contributed by atoms with Gasteiger partial charge in [-0.25, -0.2) is 0 Å². The van der Waals surface area contributed by atoms with Crippen molar-refractivity contribution in [1.82, 2.24) is 4.90 Å². The molecule has 0 aromatic heterocycles. The summed E-state index contributed by atoms with van der Waals surface area (Å²) in [6.45, 7) is 4.46. The van der Waals surface area contributed by atoms with Gasteiger partial charge in [0.25, 0.3) is 0 Å². The van der Waals surface area contributed by atoms with E-state index in [1.54, 1.807) is 0 Å². The average molecular weight is 183 g/mol. The fourth-order valence-corrected chi connectivity index (χ4v) is 3.54. The number of likely N-dealkylation sites (N-methyl/N-ethyl adjacent to an activating group) is 1. The second-order valence-corrected chi connectivity index (χ2v) is 5.60. The van der Waals surface area contributed by atoms with Crippen LogP contribution < -0.4 is 0 Å². The molecule has 2 nitrogen and oxygen atoms in total. The third-order valence-corrected chi connectivity index (χ3v) is 4.69. The summed E-state index contributed by atoms with van der Waals surface area (Å²) in [6, 6.07) is 0.376. The number of aliphatic hydroxyl groups is 1. The Morgan fingerprint density at radius 3 is 2.15 bits per heavy atom. The van der Waals surface area contributed by atoms with Crippen molar-refractivity contribution >= 4 is 0 Å². The summed E-state index contributed by atoms with van der Waals surface area (Å²) in [5.41, 5.74) is -0.302. The largest absolute Gasteiger partial charge is 0.388 e. The summed E-state index contributed by atoms with van der Waals surface area (Å²) < 4.78 is 0. The molecule has 0 aromatic carbocycles. The van der Waals surface area contributed by atoms with Gasteiger partial charge in [-0.05, 0) is 44.7 Å². The van der Waals surface area contributed by atoms with Crippen molar-refractivity contribution in [3.8, 4) is 0 Å². The first-order valence-corrected chi connectivity index (χ1v) is 5.28. The molecule has 2 fully saturated rings. The Balaban J connectivity index is 2.33. The van der Waals surface area contributed by atoms with Crippen LogP contribution in [-0.2, 0) is 0 Å². The molecule has 2 saturated carbocycles. The van der Waals surface area contributed by atoms with E-state index >= 15 is 0 Å². The first kappa shape index (κ1) is 9.47. The Kier molecular flexibility index (Phi) is 1.81. The molecule has 13 heavy (non-hydrogen) atoms. The monoisotopic (exact) mass is 183 g/mol. The molecule has 2 bridgehead atoms. The van der Waals surface area contributed by atoms with Crippen LogP contribution in [0.2, 0.25) is 0 Å². The molecule has 0 saturated heterocycles. The summed E-state index contributed by atoms with van der Waals surface area (Å²) in [4.78, 5) is 2.20. The van der Waals surface area contributed by atoms with E-state index in [1.807, 2.05) is 0 Å². The molecule has 1 N–H and O–H groups in total. The molecule has 76 valence electrons. The van der Waals surface area contributed by atoms with Gasteiger partial charge in [0.15, 0.2) is 0 Å². The van der Waals surface area contributed by atoms with Gasteiger partial charge in [-0.1, -0.05) is 13.8 Å². The number of rotatable bonds is 1. The van der Waals surface area contributed by atoms with E-state index in [0.29, 0.717) is 6.04 Å². The van der Waals surface area contributed by atoms with Crippen molar-refractivity contribution < 1.29 is 5.11 Å². The second kappa shape index (κ2) is 2.48. The average Bonchev–Trinajstić information content (AvgIpc) is 2.34. The van der Waals surface area contributed by atoms with Crippen LogP contribution in [0, 0.1) is 11.3 Å². The molecule has 3 atom stereocenters. The predicted octanol–water partition coefficient (Wildman–Crippen LogP) is 1.49. The molecule has 0 aliphatic heterocycles. The van der Waals surface area contributed by atoms with Crippen molar-refractivity contribution in [1.29, 1.82) is 0 Å². The zero-order valence-corrected chi connectivity index (χ0v) is 9.17. The van der Waals surface area contributed by atoms with Crippen LogP contribution in [0.1, 0.15) is 33.1 Å². The molecule has 2 rings (SSSR count). The molecule has 0 aromatic rings. The molecule has 0 heterocycles. The second-order valence-electron chi connectivity index (χ2n) is 5.60. The van der Waals surface area contributed by atoms with Crippen LogP contribution in [0.3, 0.4) is 0 Å². The van der Waals surface area contributed by atoms with Gasteiger partial charge in [0.05, 0.1) is 5.60 Å². The van der Waals surface area contributed by atoms with Crippen LogP contribution in [0.25, 0.3) is 0 Å². The van der Waals surface area contributed by atoms with Gasteiger partial charge in [0, 0.05) is 6.04 Å². The number of hydrogen-bond donors (Lipinski definition) is 1. The highest BCUT2D eigenvalue weighted by atomic mass is 16.3. The summed E-state index contributed by atoms with van der Waals surface area (Å²) in [5, 5.41) is 10.7. The molecule has 0 spiro atoms. The maximum Gasteiger partial charge on any atom is 0.0855 e. The van der Waals surface area contributed by atoms with Crippen LogP contribution in [0.5, 0.6) is 0 Å². The van der Waals surface area contributed by atoms with E-state index in [2.05, 4.69) is 32.8 Å². The van der Waals surface area contributed by atoms with Crippen LogP contribution in [0.4, 0.5) is 0 Å². The molecule has 0 unspecified atom stereocenters. The molecular weight excluding hydrogens is 162 g/mol. The van der Waals surface area contributed by atoms with Crippen molar-refractivity contribution in [2.75, 3.05) is 14.1 Å². The fraction of sp³-hybridized carbons (Fsp3) is 1.00. The highest BCUT2D eigenvalue weighted by molar-refractivity contribution is 5.16. The molecule has 2 aliphatic rings. The highest BCUT2D eigenvalue weighted by Crippen LogP contribution is 2.60. The topological polar surface area (TPSA) is 23.5 Å². The van der Waals surface area contributed by atoms with Gasteiger partial charge in [-0.15, -0.1) is 0 Å². The standard InChI is InChI=1S/C11H21NO/c1-10(2)8-5-6-11(10,13)9(7-8)12(3)4/h8-9,13H,5-7H2,1-4H3/t8-,9-,11-/m0/s1. The van der Waals surface area contributed by atoms with E-state index in [9.17, 15) is 5.11 Å². The van der Waals surface area contributed by atoms with Crippen molar-refractivity contribution in [2.45, 2.75) is 44.8 Å². The Bertz CT molecular complexity index is 224. The normalized spacial score (nSPS) is 47.5. The highest BCUT2D eigenvalue weighted by Gasteiger charge is 2.63. The molecule has 2 aliphatic carbocycles. The van der Waals surface area contributed by atoms with Crippen LogP contribution in [-0.4, -0.2) is 35.7 Å². The van der Waals surface area contributed by atoms with E-state index in [-0.39, 0.29) is 5.41 Å². The maximum atomic E-state index is 10.7. The van der Waals surface area contributed by atoms with E-state index in [4.69, 9.17) is 0 Å². The third kappa shape index (κ3) is 0.962. The first-order valence-electron chi connectivity index (χ1n) is 5.28. The quantitative estimate of drug-likeness (QED) is 0.665. The minimum absolute atomic E-state index is 0.127. The van der Waals surface area contributed by atoms with Gasteiger partial charge in [-0.2, -0.15) is 0 Å². The lowest BCUT2D eigenvalue weighted by molar-refractivity contribution is -0.0723. The lowest BCUT2D eigenvalue weighted by atomic mass is 9.77. The minimum atomic E-state index is -0.429. The van der Waals surface area contributed by atoms with Crippen molar-refractivity contribution in [3.05, 3.63) is 0 Å². The lowest BCUT2D eigenvalue weighted by Crippen LogP contribution is -2.51. The SMILES string of the molecule is CN(C)[C@H]1C[C@@H]2CC[C@@]1(O)C2(C)C. The lowest BCUT2D eigenvalue weighted by Gasteiger charge is -2.40. The summed E-state index contributed by atoms with van der Waals surface area (Å²) >= 11 is 0. The summed E-state index contributed by atoms with van der Waals surface area (Å²) in [6.07, 6.45) is 3.39. The number of hydrogen-bond acceptors (Lipinski definition) is 2. The van der Waals surface area contributed by atoms with Crippen molar-refractivity contribution in [3.63, 3.8) is 0 Å². The zero-order chi connectivity index (χ0) is 9.85. The molecule has 2 heteroatoms. The number of fused-ring (bicyclic) bond motifs is 2. The van der Waals surface area contributed by atoms with Crippen LogP contribution in [0.15, 0.2) is 0 Å².